The number of anilines is 1. The minimum atomic E-state index is -0.945. The second kappa shape index (κ2) is 7.56. The van der Waals surface area contributed by atoms with Gasteiger partial charge in [-0.1, -0.05) is 0 Å². The Morgan fingerprint density at radius 3 is 2.81 bits per heavy atom. The Labute approximate surface area is 128 Å². The first-order valence-corrected chi connectivity index (χ1v) is 8.20. The molecule has 2 N–H and O–H groups in total. The van der Waals surface area contributed by atoms with E-state index in [4.69, 9.17) is 4.74 Å². The summed E-state index contributed by atoms with van der Waals surface area (Å²) in [5.74, 6) is -1.09. The summed E-state index contributed by atoms with van der Waals surface area (Å²) in [5.41, 5.74) is 1.22. The van der Waals surface area contributed by atoms with Crippen molar-refractivity contribution in [3.8, 4) is 0 Å². The standard InChI is InChI=1S/C15H21NO4S/c1-2-20-9-5-8-12(17)16-14-13(15(18)19)10-6-3-4-7-11(10)21-14/h2-9H2,1H3,(H,16,17)(H,18,19). The number of hydrogen-bond acceptors (Lipinski definition) is 4. The van der Waals surface area contributed by atoms with Crippen LogP contribution in [0.15, 0.2) is 0 Å². The second-order valence-electron chi connectivity index (χ2n) is 5.07. The van der Waals surface area contributed by atoms with Crippen LogP contribution in [-0.2, 0) is 22.4 Å². The number of rotatable bonds is 7. The Kier molecular flexibility index (Phi) is 5.76. The van der Waals surface area contributed by atoms with Crippen molar-refractivity contribution in [2.24, 2.45) is 0 Å². The van der Waals surface area contributed by atoms with E-state index in [1.54, 1.807) is 0 Å². The van der Waals surface area contributed by atoms with Crippen molar-refractivity contribution in [1.82, 2.24) is 0 Å². The maximum absolute atomic E-state index is 11.9. The average molecular weight is 311 g/mol. The summed E-state index contributed by atoms with van der Waals surface area (Å²) in [6, 6.07) is 0. The Morgan fingerprint density at radius 2 is 2.10 bits per heavy atom. The van der Waals surface area contributed by atoms with Gasteiger partial charge < -0.3 is 15.2 Å². The summed E-state index contributed by atoms with van der Waals surface area (Å²) in [4.78, 5) is 24.5. The third-order valence-corrected chi connectivity index (χ3v) is 4.74. The first-order valence-electron chi connectivity index (χ1n) is 7.39. The summed E-state index contributed by atoms with van der Waals surface area (Å²) in [6.07, 6.45) is 4.82. The lowest BCUT2D eigenvalue weighted by molar-refractivity contribution is -0.116. The SMILES string of the molecule is CCOCCCC(=O)Nc1sc2c(c1C(=O)O)CCCC2. The van der Waals surface area contributed by atoms with Crippen LogP contribution in [0, 0.1) is 0 Å². The minimum Gasteiger partial charge on any atom is -0.478 e. The highest BCUT2D eigenvalue weighted by Gasteiger charge is 2.25. The Bertz CT molecular complexity index is 524. The van der Waals surface area contributed by atoms with Gasteiger partial charge in [-0.3, -0.25) is 4.79 Å². The molecule has 0 aromatic carbocycles. The van der Waals surface area contributed by atoms with Crippen LogP contribution < -0.4 is 5.32 Å². The van der Waals surface area contributed by atoms with Gasteiger partial charge in [-0.05, 0) is 44.6 Å². The zero-order valence-electron chi connectivity index (χ0n) is 12.2. The number of ether oxygens (including phenoxy) is 1. The topological polar surface area (TPSA) is 75.6 Å². The van der Waals surface area contributed by atoms with Crippen molar-refractivity contribution in [3.05, 3.63) is 16.0 Å². The number of thiophene rings is 1. The lowest BCUT2D eigenvalue weighted by Crippen LogP contribution is -2.14. The first kappa shape index (κ1) is 16.0. The number of aromatic carboxylic acids is 1. The molecule has 6 heteroatoms. The van der Waals surface area contributed by atoms with Gasteiger partial charge in [-0.25, -0.2) is 4.79 Å². The molecule has 0 saturated heterocycles. The predicted molar refractivity (Wildman–Crippen MR) is 82.3 cm³/mol. The fourth-order valence-corrected chi connectivity index (χ4v) is 3.85. The number of hydrogen-bond donors (Lipinski definition) is 2. The van der Waals surface area contributed by atoms with Crippen LogP contribution in [0.3, 0.4) is 0 Å². The number of fused-ring (bicyclic) bond motifs is 1. The fraction of sp³-hybridized carbons (Fsp3) is 0.600. The van der Waals surface area contributed by atoms with E-state index in [2.05, 4.69) is 5.32 Å². The number of carbonyl (C=O) groups is 2. The Morgan fingerprint density at radius 1 is 1.33 bits per heavy atom. The third kappa shape index (κ3) is 4.04. The van der Waals surface area contributed by atoms with E-state index < -0.39 is 5.97 Å². The zero-order chi connectivity index (χ0) is 15.2. The molecule has 1 heterocycles. The lowest BCUT2D eigenvalue weighted by atomic mass is 9.95. The van der Waals surface area contributed by atoms with E-state index in [0.717, 1.165) is 36.1 Å². The smallest absolute Gasteiger partial charge is 0.339 e. The number of aryl methyl sites for hydroxylation is 1. The highest BCUT2D eigenvalue weighted by Crippen LogP contribution is 2.38. The van der Waals surface area contributed by atoms with Crippen LogP contribution in [0.1, 0.15) is 53.4 Å². The molecule has 0 aliphatic heterocycles. The van der Waals surface area contributed by atoms with Gasteiger partial charge in [-0.15, -0.1) is 11.3 Å². The highest BCUT2D eigenvalue weighted by atomic mass is 32.1. The number of amides is 1. The molecule has 0 radical (unpaired) electrons. The molecule has 2 rings (SSSR count). The molecule has 116 valence electrons. The molecule has 0 unspecified atom stereocenters. The molecule has 1 amide bonds. The maximum Gasteiger partial charge on any atom is 0.339 e. The zero-order valence-corrected chi connectivity index (χ0v) is 13.1. The quantitative estimate of drug-likeness (QED) is 0.759. The van der Waals surface area contributed by atoms with Gasteiger partial charge in [-0.2, -0.15) is 0 Å². The molecule has 5 nitrogen and oxygen atoms in total. The van der Waals surface area contributed by atoms with Crippen LogP contribution in [-0.4, -0.2) is 30.2 Å². The van der Waals surface area contributed by atoms with Crippen LogP contribution in [0.4, 0.5) is 5.00 Å². The Hall–Kier alpha value is -1.40. The van der Waals surface area contributed by atoms with Crippen LogP contribution in [0.2, 0.25) is 0 Å². The van der Waals surface area contributed by atoms with Crippen LogP contribution in [0.5, 0.6) is 0 Å². The molecular formula is C15H21NO4S. The largest absolute Gasteiger partial charge is 0.478 e. The molecule has 1 aromatic heterocycles. The normalized spacial score (nSPS) is 13.8. The second-order valence-corrected chi connectivity index (χ2v) is 6.17. The van der Waals surface area contributed by atoms with Crippen molar-refractivity contribution in [2.75, 3.05) is 18.5 Å². The van der Waals surface area contributed by atoms with Crippen molar-refractivity contribution >= 4 is 28.2 Å². The average Bonchev–Trinajstić information content (AvgIpc) is 2.81. The number of nitrogens with one attached hydrogen (secondary N) is 1. The maximum atomic E-state index is 11.9. The molecule has 21 heavy (non-hydrogen) atoms. The number of carbonyl (C=O) groups excluding carboxylic acids is 1. The molecule has 1 aliphatic rings. The van der Waals surface area contributed by atoms with E-state index in [0.29, 0.717) is 36.6 Å². The fourth-order valence-electron chi connectivity index (χ4n) is 2.55. The summed E-state index contributed by atoms with van der Waals surface area (Å²) in [5, 5.41) is 12.7. The molecule has 0 saturated carbocycles. The van der Waals surface area contributed by atoms with Gasteiger partial charge in [0.1, 0.15) is 5.00 Å². The van der Waals surface area contributed by atoms with Gasteiger partial charge in [0.25, 0.3) is 0 Å². The van der Waals surface area contributed by atoms with E-state index >= 15 is 0 Å². The van der Waals surface area contributed by atoms with Gasteiger partial charge >= 0.3 is 5.97 Å². The van der Waals surface area contributed by atoms with Gasteiger partial charge in [0.15, 0.2) is 0 Å². The van der Waals surface area contributed by atoms with Crippen LogP contribution in [0.25, 0.3) is 0 Å². The molecular weight excluding hydrogens is 290 g/mol. The predicted octanol–water partition coefficient (Wildman–Crippen LogP) is 3.08. The van der Waals surface area contributed by atoms with E-state index in [9.17, 15) is 14.7 Å². The summed E-state index contributed by atoms with van der Waals surface area (Å²) in [6.45, 7) is 3.11. The molecule has 0 spiro atoms. The lowest BCUT2D eigenvalue weighted by Gasteiger charge is -2.10. The van der Waals surface area contributed by atoms with Crippen molar-refractivity contribution in [3.63, 3.8) is 0 Å². The van der Waals surface area contributed by atoms with E-state index in [1.807, 2.05) is 6.92 Å². The Balaban J connectivity index is 2.04. The summed E-state index contributed by atoms with van der Waals surface area (Å²) >= 11 is 1.42. The third-order valence-electron chi connectivity index (χ3n) is 3.53. The summed E-state index contributed by atoms with van der Waals surface area (Å²) < 4.78 is 5.19. The summed E-state index contributed by atoms with van der Waals surface area (Å²) in [7, 11) is 0. The number of carboxylic acids is 1. The molecule has 0 fully saturated rings. The monoisotopic (exact) mass is 311 g/mol. The van der Waals surface area contributed by atoms with Crippen LogP contribution >= 0.6 is 11.3 Å². The molecule has 1 aliphatic carbocycles. The number of carboxylic acid groups (broad SMARTS) is 1. The molecule has 1 aromatic rings. The molecule has 0 bridgehead atoms. The minimum absolute atomic E-state index is 0.143. The van der Waals surface area contributed by atoms with Crippen molar-refractivity contribution in [2.45, 2.75) is 45.4 Å². The van der Waals surface area contributed by atoms with Crippen molar-refractivity contribution in [1.29, 1.82) is 0 Å². The van der Waals surface area contributed by atoms with E-state index in [-0.39, 0.29) is 5.91 Å². The first-order chi connectivity index (χ1) is 10.1. The van der Waals surface area contributed by atoms with Crippen molar-refractivity contribution < 1.29 is 19.4 Å². The van der Waals surface area contributed by atoms with E-state index in [1.165, 1.54) is 11.3 Å². The molecule has 0 atom stereocenters. The van der Waals surface area contributed by atoms with Gasteiger partial charge in [0.2, 0.25) is 5.91 Å². The highest BCUT2D eigenvalue weighted by molar-refractivity contribution is 7.17. The van der Waals surface area contributed by atoms with Gasteiger partial charge in [0, 0.05) is 24.5 Å². The van der Waals surface area contributed by atoms with Gasteiger partial charge in [0.05, 0.1) is 5.56 Å².